The number of hydrogen-bond donors (Lipinski definition) is 1. The Morgan fingerprint density at radius 1 is 1.25 bits per heavy atom. The third-order valence-corrected chi connectivity index (χ3v) is 5.68. The monoisotopic (exact) mass is 443 g/mol. The van der Waals surface area contributed by atoms with E-state index in [4.69, 9.17) is 4.74 Å². The molecule has 6 nitrogen and oxygen atoms in total. The molecule has 0 aromatic heterocycles. The average Bonchev–Trinajstić information content (AvgIpc) is 2.99. The van der Waals surface area contributed by atoms with Crippen molar-refractivity contribution in [2.45, 2.75) is 19.4 Å². The normalized spacial score (nSPS) is 17.8. The number of fused-ring (bicyclic) bond motifs is 2. The van der Waals surface area contributed by atoms with Crippen molar-refractivity contribution in [2.24, 2.45) is 0 Å². The molecule has 2 heterocycles. The Balaban J connectivity index is 1.35. The molecule has 4 rings (SSSR count). The summed E-state index contributed by atoms with van der Waals surface area (Å²) < 4.78 is 6.33. The lowest BCUT2D eigenvalue weighted by Crippen LogP contribution is -2.46. The van der Waals surface area contributed by atoms with E-state index in [-0.39, 0.29) is 25.0 Å². The average molecular weight is 444 g/mol. The maximum Gasteiger partial charge on any atom is 0.265 e. The highest BCUT2D eigenvalue weighted by Gasteiger charge is 2.28. The first kappa shape index (κ1) is 18.8. The standard InChI is InChI=1S/C21H22BrN3O3/c1-14-10-15-4-2-3-5-17(15)24(14)9-8-23-20(26)12-25-18-7-6-16(22)11-19(18)28-13-21(25)27/h2-7,11,14H,8-10,12-13H2,1H3,(H,23,26). The molecule has 2 aliphatic heterocycles. The number of nitrogens with zero attached hydrogens (tertiary/aromatic N) is 2. The minimum atomic E-state index is -0.216. The van der Waals surface area contributed by atoms with Crippen LogP contribution in [0.2, 0.25) is 0 Å². The van der Waals surface area contributed by atoms with Crippen LogP contribution in [-0.4, -0.2) is 44.1 Å². The summed E-state index contributed by atoms with van der Waals surface area (Å²) >= 11 is 3.39. The van der Waals surface area contributed by atoms with Gasteiger partial charge >= 0.3 is 0 Å². The van der Waals surface area contributed by atoms with Gasteiger partial charge in [0.1, 0.15) is 12.3 Å². The minimum Gasteiger partial charge on any atom is -0.482 e. The molecule has 2 aromatic rings. The van der Waals surface area contributed by atoms with Gasteiger partial charge in [-0.2, -0.15) is 0 Å². The molecule has 0 bridgehead atoms. The predicted octanol–water partition coefficient (Wildman–Crippen LogP) is 2.74. The lowest BCUT2D eigenvalue weighted by molar-refractivity contribution is -0.125. The van der Waals surface area contributed by atoms with Gasteiger partial charge in [-0.05, 0) is 43.2 Å². The number of halogens is 1. The second-order valence-corrected chi connectivity index (χ2v) is 8.02. The smallest absolute Gasteiger partial charge is 0.265 e. The first-order valence-corrected chi connectivity index (χ1v) is 10.2. The third kappa shape index (κ3) is 3.71. The van der Waals surface area contributed by atoms with E-state index in [1.54, 1.807) is 12.1 Å². The van der Waals surface area contributed by atoms with E-state index in [0.717, 1.165) is 17.4 Å². The van der Waals surface area contributed by atoms with Gasteiger partial charge in [0.05, 0.1) is 5.69 Å². The lowest BCUT2D eigenvalue weighted by Gasteiger charge is -2.29. The molecule has 1 atom stereocenters. The van der Waals surface area contributed by atoms with Crippen LogP contribution in [0.25, 0.3) is 0 Å². The predicted molar refractivity (Wildman–Crippen MR) is 112 cm³/mol. The molecule has 0 radical (unpaired) electrons. The van der Waals surface area contributed by atoms with Gasteiger partial charge in [0.15, 0.2) is 6.61 Å². The first-order valence-electron chi connectivity index (χ1n) is 9.37. The second kappa shape index (κ2) is 7.83. The Morgan fingerprint density at radius 2 is 2.07 bits per heavy atom. The Labute approximate surface area is 172 Å². The molecule has 0 saturated carbocycles. The van der Waals surface area contributed by atoms with Crippen LogP contribution >= 0.6 is 15.9 Å². The lowest BCUT2D eigenvalue weighted by atomic mass is 10.1. The molecule has 2 amide bonds. The van der Waals surface area contributed by atoms with Gasteiger partial charge in [0.25, 0.3) is 5.91 Å². The fraction of sp³-hybridized carbons (Fsp3) is 0.333. The van der Waals surface area contributed by atoms with Gasteiger partial charge in [-0.15, -0.1) is 0 Å². The zero-order valence-electron chi connectivity index (χ0n) is 15.7. The van der Waals surface area contributed by atoms with Crippen LogP contribution in [0.3, 0.4) is 0 Å². The van der Waals surface area contributed by atoms with Crippen LogP contribution in [0.1, 0.15) is 12.5 Å². The summed E-state index contributed by atoms with van der Waals surface area (Å²) in [5, 5.41) is 2.95. The van der Waals surface area contributed by atoms with Crippen molar-refractivity contribution in [1.82, 2.24) is 5.32 Å². The van der Waals surface area contributed by atoms with Crippen LogP contribution in [0, 0.1) is 0 Å². The molecule has 146 valence electrons. The zero-order chi connectivity index (χ0) is 19.7. The number of carbonyl (C=O) groups excluding carboxylic acids is 2. The summed E-state index contributed by atoms with van der Waals surface area (Å²) in [4.78, 5) is 28.5. The highest BCUT2D eigenvalue weighted by Crippen LogP contribution is 2.34. The molecule has 2 aliphatic rings. The number of benzene rings is 2. The summed E-state index contributed by atoms with van der Waals surface area (Å²) in [6.45, 7) is 3.40. The maximum atomic E-state index is 12.5. The van der Waals surface area contributed by atoms with Crippen molar-refractivity contribution >= 4 is 39.1 Å². The molecular formula is C21H22BrN3O3. The molecule has 1 unspecified atom stereocenters. The van der Waals surface area contributed by atoms with Crippen LogP contribution < -0.4 is 19.9 Å². The zero-order valence-corrected chi connectivity index (χ0v) is 17.2. The molecule has 0 spiro atoms. The fourth-order valence-electron chi connectivity index (χ4n) is 3.84. The van der Waals surface area contributed by atoms with Crippen LogP contribution in [0.15, 0.2) is 46.9 Å². The van der Waals surface area contributed by atoms with Crippen LogP contribution in [0.4, 0.5) is 11.4 Å². The number of para-hydroxylation sites is 1. The fourth-order valence-corrected chi connectivity index (χ4v) is 4.18. The largest absolute Gasteiger partial charge is 0.482 e. The number of nitrogens with one attached hydrogen (secondary N) is 1. The van der Waals surface area contributed by atoms with Crippen molar-refractivity contribution in [3.8, 4) is 5.75 Å². The van der Waals surface area contributed by atoms with Crippen molar-refractivity contribution < 1.29 is 14.3 Å². The summed E-state index contributed by atoms with van der Waals surface area (Å²) in [5.74, 6) is 0.209. The molecule has 0 aliphatic carbocycles. The number of ether oxygens (including phenoxy) is 1. The maximum absolute atomic E-state index is 12.5. The summed E-state index contributed by atoms with van der Waals surface area (Å²) in [6.07, 6.45) is 1.03. The first-order chi connectivity index (χ1) is 13.5. The van der Waals surface area contributed by atoms with E-state index < -0.39 is 0 Å². The van der Waals surface area contributed by atoms with E-state index >= 15 is 0 Å². The van der Waals surface area contributed by atoms with Crippen molar-refractivity contribution in [3.63, 3.8) is 0 Å². The number of carbonyl (C=O) groups is 2. The SMILES string of the molecule is CC1Cc2ccccc2N1CCNC(=O)CN1C(=O)COc2cc(Br)ccc21. The van der Waals surface area contributed by atoms with Gasteiger partial charge in [-0.1, -0.05) is 34.1 Å². The van der Waals surface area contributed by atoms with Crippen molar-refractivity contribution in [2.75, 3.05) is 36.0 Å². The Morgan fingerprint density at radius 3 is 2.93 bits per heavy atom. The van der Waals surface area contributed by atoms with Gasteiger partial charge in [0, 0.05) is 29.3 Å². The number of hydrogen-bond acceptors (Lipinski definition) is 4. The van der Waals surface area contributed by atoms with E-state index in [1.165, 1.54) is 16.2 Å². The van der Waals surface area contributed by atoms with Gasteiger partial charge in [0.2, 0.25) is 5.91 Å². The van der Waals surface area contributed by atoms with Gasteiger partial charge in [-0.25, -0.2) is 0 Å². The molecule has 0 fully saturated rings. The van der Waals surface area contributed by atoms with Gasteiger partial charge < -0.3 is 15.0 Å². The Kier molecular flexibility index (Phi) is 5.26. The number of anilines is 2. The molecular weight excluding hydrogens is 422 g/mol. The summed E-state index contributed by atoms with van der Waals surface area (Å²) in [7, 11) is 0. The molecule has 7 heteroatoms. The Bertz CT molecular complexity index is 918. The van der Waals surface area contributed by atoms with Crippen LogP contribution in [-0.2, 0) is 16.0 Å². The van der Waals surface area contributed by atoms with E-state index in [9.17, 15) is 9.59 Å². The third-order valence-electron chi connectivity index (χ3n) is 5.19. The van der Waals surface area contributed by atoms with Crippen LogP contribution in [0.5, 0.6) is 5.75 Å². The van der Waals surface area contributed by atoms with Crippen molar-refractivity contribution in [3.05, 3.63) is 52.5 Å². The molecule has 1 N–H and O–H groups in total. The number of amides is 2. The highest BCUT2D eigenvalue weighted by molar-refractivity contribution is 9.10. The van der Waals surface area contributed by atoms with E-state index in [2.05, 4.69) is 51.3 Å². The topological polar surface area (TPSA) is 61.9 Å². The van der Waals surface area contributed by atoms with E-state index in [1.807, 2.05) is 12.1 Å². The quantitative estimate of drug-likeness (QED) is 0.771. The highest BCUT2D eigenvalue weighted by atomic mass is 79.9. The van der Waals surface area contributed by atoms with Crippen molar-refractivity contribution in [1.29, 1.82) is 0 Å². The molecule has 2 aromatic carbocycles. The Hall–Kier alpha value is -2.54. The second-order valence-electron chi connectivity index (χ2n) is 7.11. The molecule has 0 saturated heterocycles. The van der Waals surface area contributed by atoms with Gasteiger partial charge in [-0.3, -0.25) is 14.5 Å². The minimum absolute atomic E-state index is 0.0109. The van der Waals surface area contributed by atoms with E-state index in [0.29, 0.717) is 24.0 Å². The molecule has 28 heavy (non-hydrogen) atoms. The number of rotatable bonds is 5. The summed E-state index contributed by atoms with van der Waals surface area (Å²) in [5.41, 5.74) is 3.21. The summed E-state index contributed by atoms with van der Waals surface area (Å²) in [6, 6.07) is 14.2.